The number of carbonyl (C=O) groups is 1. The molecule has 0 spiro atoms. The van der Waals surface area contributed by atoms with Crippen molar-refractivity contribution in [2.45, 2.75) is 30.5 Å². The molecule has 1 heterocycles. The van der Waals surface area contributed by atoms with Crippen molar-refractivity contribution in [1.29, 1.82) is 0 Å². The third-order valence-corrected chi connectivity index (χ3v) is 4.13. The van der Waals surface area contributed by atoms with Gasteiger partial charge in [-0.1, -0.05) is 15.9 Å². The Morgan fingerprint density at radius 3 is 2.86 bits per heavy atom. The lowest BCUT2D eigenvalue weighted by Crippen LogP contribution is -2.45. The van der Waals surface area contributed by atoms with Gasteiger partial charge in [0.1, 0.15) is 0 Å². The highest BCUT2D eigenvalue weighted by Crippen LogP contribution is 2.46. The normalized spacial score (nSPS) is 30.6. The molecule has 1 saturated carbocycles. The Balaban J connectivity index is 1.93. The fraction of sp³-hybridized carbons (Fsp3) is 0.900. The maximum atomic E-state index is 11.7. The molecule has 1 aliphatic heterocycles. The van der Waals surface area contributed by atoms with E-state index < -0.39 is 0 Å². The van der Waals surface area contributed by atoms with Crippen LogP contribution < -0.4 is 0 Å². The number of halogens is 1. The average Bonchev–Trinajstić information content (AvgIpc) is 2.94. The van der Waals surface area contributed by atoms with Gasteiger partial charge in [0.25, 0.3) is 0 Å². The molecule has 1 aliphatic carbocycles. The van der Waals surface area contributed by atoms with Crippen LogP contribution in [0.25, 0.3) is 0 Å². The fourth-order valence-corrected chi connectivity index (χ4v) is 2.61. The van der Waals surface area contributed by atoms with E-state index >= 15 is 0 Å². The summed E-state index contributed by atoms with van der Waals surface area (Å²) in [5.74, 6) is 0.205. The van der Waals surface area contributed by atoms with Crippen LogP contribution in [0.2, 0.25) is 0 Å². The maximum absolute atomic E-state index is 11.7. The number of hydrogen-bond acceptors (Lipinski definition) is 2. The van der Waals surface area contributed by atoms with Crippen molar-refractivity contribution < 1.29 is 9.90 Å². The van der Waals surface area contributed by atoms with Crippen LogP contribution >= 0.6 is 15.9 Å². The molecule has 4 heteroatoms. The van der Waals surface area contributed by atoms with E-state index in [1.807, 2.05) is 4.90 Å². The lowest BCUT2D eigenvalue weighted by Gasteiger charge is -2.32. The number of piperidine rings is 1. The van der Waals surface area contributed by atoms with Crippen LogP contribution in [0.4, 0.5) is 0 Å². The van der Waals surface area contributed by atoms with Crippen LogP contribution in [0, 0.1) is 5.41 Å². The Labute approximate surface area is 92.6 Å². The molecule has 1 amide bonds. The van der Waals surface area contributed by atoms with Crippen molar-refractivity contribution in [3.05, 3.63) is 0 Å². The summed E-state index contributed by atoms with van der Waals surface area (Å²) in [7, 11) is 0. The average molecular weight is 262 g/mol. The van der Waals surface area contributed by atoms with E-state index in [2.05, 4.69) is 15.9 Å². The molecule has 14 heavy (non-hydrogen) atoms. The molecular formula is C10H16BrNO2. The second kappa shape index (κ2) is 3.81. The molecule has 2 fully saturated rings. The summed E-state index contributed by atoms with van der Waals surface area (Å²) < 4.78 is 0. The highest BCUT2D eigenvalue weighted by molar-refractivity contribution is 9.10. The van der Waals surface area contributed by atoms with Crippen LogP contribution in [-0.2, 0) is 4.79 Å². The van der Waals surface area contributed by atoms with Crippen LogP contribution in [0.1, 0.15) is 25.7 Å². The Bertz CT molecular complexity index is 240. The minimum Gasteiger partial charge on any atom is -0.396 e. The summed E-state index contributed by atoms with van der Waals surface area (Å²) in [5.41, 5.74) is 0.0553. The SMILES string of the molecule is O=C1C(Br)CCCN1CC1(CO)CC1. The monoisotopic (exact) mass is 261 g/mol. The Morgan fingerprint density at radius 2 is 2.29 bits per heavy atom. The van der Waals surface area contributed by atoms with Crippen LogP contribution in [0.3, 0.4) is 0 Å². The minimum atomic E-state index is 0.00532. The van der Waals surface area contributed by atoms with Gasteiger partial charge in [0.15, 0.2) is 0 Å². The van der Waals surface area contributed by atoms with Gasteiger partial charge in [-0.3, -0.25) is 4.79 Å². The highest BCUT2D eigenvalue weighted by atomic mass is 79.9. The molecular weight excluding hydrogens is 246 g/mol. The van der Waals surface area contributed by atoms with Crippen molar-refractivity contribution in [1.82, 2.24) is 4.90 Å². The zero-order valence-corrected chi connectivity index (χ0v) is 9.79. The summed E-state index contributed by atoms with van der Waals surface area (Å²) in [5, 5.41) is 9.19. The second-order valence-corrected chi connectivity index (χ2v) is 5.63. The van der Waals surface area contributed by atoms with Crippen LogP contribution in [-0.4, -0.2) is 40.4 Å². The first kappa shape index (κ1) is 10.4. The van der Waals surface area contributed by atoms with Crippen LogP contribution in [0.15, 0.2) is 0 Å². The molecule has 1 unspecified atom stereocenters. The van der Waals surface area contributed by atoms with Gasteiger partial charge in [-0.25, -0.2) is 0 Å². The highest BCUT2D eigenvalue weighted by Gasteiger charge is 2.45. The number of rotatable bonds is 3. The van der Waals surface area contributed by atoms with E-state index in [0.717, 1.165) is 38.8 Å². The van der Waals surface area contributed by atoms with Gasteiger partial charge in [-0.15, -0.1) is 0 Å². The van der Waals surface area contributed by atoms with Gasteiger partial charge in [-0.05, 0) is 25.7 Å². The van der Waals surface area contributed by atoms with Gasteiger partial charge in [0.2, 0.25) is 5.91 Å². The number of nitrogens with zero attached hydrogens (tertiary/aromatic N) is 1. The number of amides is 1. The fourth-order valence-electron chi connectivity index (χ4n) is 2.00. The van der Waals surface area contributed by atoms with Crippen LogP contribution in [0.5, 0.6) is 0 Å². The third-order valence-electron chi connectivity index (χ3n) is 3.28. The van der Waals surface area contributed by atoms with E-state index in [0.29, 0.717) is 0 Å². The van der Waals surface area contributed by atoms with Crippen molar-refractivity contribution in [3.63, 3.8) is 0 Å². The molecule has 0 bridgehead atoms. The van der Waals surface area contributed by atoms with E-state index in [1.54, 1.807) is 0 Å². The number of carbonyl (C=O) groups excluding carboxylic acids is 1. The first-order valence-electron chi connectivity index (χ1n) is 5.21. The van der Waals surface area contributed by atoms with Crippen molar-refractivity contribution >= 4 is 21.8 Å². The van der Waals surface area contributed by atoms with Gasteiger partial charge in [0, 0.05) is 18.5 Å². The number of hydrogen-bond donors (Lipinski definition) is 1. The van der Waals surface area contributed by atoms with E-state index in [-0.39, 0.29) is 22.8 Å². The van der Waals surface area contributed by atoms with Gasteiger partial charge in [0.05, 0.1) is 11.4 Å². The maximum Gasteiger partial charge on any atom is 0.236 e. The molecule has 1 saturated heterocycles. The summed E-state index contributed by atoms with van der Waals surface area (Å²) in [6.07, 6.45) is 4.16. The lowest BCUT2D eigenvalue weighted by molar-refractivity contribution is -0.133. The summed E-state index contributed by atoms with van der Waals surface area (Å²) >= 11 is 3.39. The zero-order valence-electron chi connectivity index (χ0n) is 8.21. The van der Waals surface area contributed by atoms with Gasteiger partial charge < -0.3 is 10.0 Å². The van der Waals surface area contributed by atoms with E-state index in [9.17, 15) is 9.90 Å². The molecule has 0 radical (unpaired) electrons. The first-order valence-corrected chi connectivity index (χ1v) is 6.12. The molecule has 2 aliphatic rings. The molecule has 3 nitrogen and oxygen atoms in total. The summed E-state index contributed by atoms with van der Waals surface area (Å²) in [6.45, 7) is 1.84. The predicted molar refractivity (Wildman–Crippen MR) is 57.3 cm³/mol. The van der Waals surface area contributed by atoms with Crippen molar-refractivity contribution in [2.24, 2.45) is 5.41 Å². The number of aliphatic hydroxyl groups excluding tert-OH is 1. The van der Waals surface area contributed by atoms with E-state index in [1.165, 1.54) is 0 Å². The Kier molecular flexibility index (Phi) is 2.84. The van der Waals surface area contributed by atoms with Gasteiger partial charge >= 0.3 is 0 Å². The topological polar surface area (TPSA) is 40.5 Å². The molecule has 1 atom stereocenters. The minimum absolute atomic E-state index is 0.00532. The summed E-state index contributed by atoms with van der Waals surface area (Å²) in [4.78, 5) is 13.7. The Hall–Kier alpha value is -0.0900. The lowest BCUT2D eigenvalue weighted by atomic mass is 10.0. The number of likely N-dealkylation sites (tertiary alicyclic amines) is 1. The van der Waals surface area contributed by atoms with Crippen molar-refractivity contribution in [3.8, 4) is 0 Å². The predicted octanol–water partition coefficient (Wildman–Crippen LogP) is 1.14. The van der Waals surface area contributed by atoms with Crippen molar-refractivity contribution in [2.75, 3.05) is 19.7 Å². The van der Waals surface area contributed by atoms with E-state index in [4.69, 9.17) is 0 Å². The molecule has 0 aromatic heterocycles. The Morgan fingerprint density at radius 1 is 1.57 bits per heavy atom. The largest absolute Gasteiger partial charge is 0.396 e. The standard InChI is InChI=1S/C10H16BrNO2/c11-8-2-1-5-12(9(8)14)6-10(7-13)3-4-10/h8,13H,1-7H2. The molecule has 0 aromatic rings. The number of alkyl halides is 1. The second-order valence-electron chi connectivity index (χ2n) is 4.53. The smallest absolute Gasteiger partial charge is 0.236 e. The summed E-state index contributed by atoms with van der Waals surface area (Å²) in [6, 6.07) is 0. The molecule has 2 rings (SSSR count). The molecule has 1 N–H and O–H groups in total. The first-order chi connectivity index (χ1) is 6.67. The zero-order chi connectivity index (χ0) is 10.2. The molecule has 80 valence electrons. The quantitative estimate of drug-likeness (QED) is 0.775. The van der Waals surface area contributed by atoms with Gasteiger partial charge in [-0.2, -0.15) is 0 Å². The third kappa shape index (κ3) is 1.96. The molecule has 0 aromatic carbocycles. The number of aliphatic hydroxyl groups is 1.